The van der Waals surface area contributed by atoms with Gasteiger partial charge in [-0.3, -0.25) is 4.79 Å². The van der Waals surface area contributed by atoms with Crippen molar-refractivity contribution in [2.24, 2.45) is 0 Å². The highest BCUT2D eigenvalue weighted by atomic mass is 35.5. The monoisotopic (exact) mass is 405 g/mol. The fraction of sp³-hybridized carbons (Fsp3) is 0.429. The Morgan fingerprint density at radius 3 is 2.88 bits per heavy atom. The van der Waals surface area contributed by atoms with Gasteiger partial charge in [0.2, 0.25) is 15.9 Å². The molecule has 1 aliphatic heterocycles. The third kappa shape index (κ3) is 3.97. The zero-order valence-electron chi connectivity index (χ0n) is 12.9. The number of sulfonamides is 1. The van der Waals surface area contributed by atoms with Gasteiger partial charge in [0.15, 0.2) is 5.13 Å². The van der Waals surface area contributed by atoms with Crippen LogP contribution in [0.15, 0.2) is 17.5 Å². The molecule has 1 amide bonds. The fourth-order valence-corrected chi connectivity index (χ4v) is 5.56. The van der Waals surface area contributed by atoms with Crippen LogP contribution in [0, 0.1) is 0 Å². The summed E-state index contributed by atoms with van der Waals surface area (Å²) in [5, 5.41) is 5.04. The Bertz CT molecular complexity index is 846. The van der Waals surface area contributed by atoms with Gasteiger partial charge in [0.25, 0.3) is 0 Å². The van der Waals surface area contributed by atoms with Crippen LogP contribution in [0.2, 0.25) is 4.34 Å². The number of thiophene rings is 1. The Morgan fingerprint density at radius 2 is 2.21 bits per heavy atom. The predicted molar refractivity (Wildman–Crippen MR) is 98.3 cm³/mol. The molecule has 3 rings (SSSR count). The summed E-state index contributed by atoms with van der Waals surface area (Å²) in [6.07, 6.45) is 3.27. The van der Waals surface area contributed by atoms with Gasteiger partial charge in [0.1, 0.15) is 6.04 Å². The number of nitrogens with zero attached hydrogens (tertiary/aromatic N) is 2. The number of anilines is 1. The number of aromatic nitrogens is 1. The number of hydrogen-bond donors (Lipinski definition) is 1. The number of amides is 1. The third-order valence-corrected chi connectivity index (χ3v) is 7.04. The van der Waals surface area contributed by atoms with Crippen LogP contribution in [-0.2, 0) is 14.8 Å². The lowest BCUT2D eigenvalue weighted by molar-refractivity contribution is -0.120. The molecule has 1 atom stereocenters. The summed E-state index contributed by atoms with van der Waals surface area (Å²) in [6.45, 7) is 0.383. The minimum atomic E-state index is -3.40. The van der Waals surface area contributed by atoms with Gasteiger partial charge in [-0.2, -0.15) is 4.31 Å². The van der Waals surface area contributed by atoms with E-state index in [0.717, 1.165) is 29.7 Å². The molecule has 1 saturated heterocycles. The molecule has 0 radical (unpaired) electrons. The maximum atomic E-state index is 12.5. The van der Waals surface area contributed by atoms with Crippen LogP contribution in [0.4, 0.5) is 5.13 Å². The Labute approximate surface area is 153 Å². The second kappa shape index (κ2) is 7.09. The first kappa shape index (κ1) is 17.8. The number of hydrogen-bond acceptors (Lipinski definition) is 6. The Balaban J connectivity index is 1.73. The molecule has 10 heteroatoms. The van der Waals surface area contributed by atoms with Crippen molar-refractivity contribution in [3.05, 3.63) is 21.8 Å². The van der Waals surface area contributed by atoms with Gasteiger partial charge < -0.3 is 5.32 Å². The summed E-state index contributed by atoms with van der Waals surface area (Å²) in [4.78, 5) is 17.8. The molecule has 2 aromatic heterocycles. The Kier molecular flexibility index (Phi) is 5.26. The Morgan fingerprint density at radius 1 is 1.42 bits per heavy atom. The van der Waals surface area contributed by atoms with E-state index < -0.39 is 16.1 Å². The molecule has 3 heterocycles. The molecular formula is C14H16ClN3O3S3. The summed E-state index contributed by atoms with van der Waals surface area (Å²) in [5.41, 5.74) is 0.746. The molecule has 0 saturated carbocycles. The van der Waals surface area contributed by atoms with Gasteiger partial charge in [-0.1, -0.05) is 18.0 Å². The van der Waals surface area contributed by atoms with Crippen LogP contribution in [0.3, 0.4) is 0 Å². The van der Waals surface area contributed by atoms with Crippen LogP contribution in [0.1, 0.15) is 19.3 Å². The summed E-state index contributed by atoms with van der Waals surface area (Å²) in [7, 11) is -3.40. The van der Waals surface area contributed by atoms with E-state index in [9.17, 15) is 13.2 Å². The highest BCUT2D eigenvalue weighted by Crippen LogP contribution is 2.33. The SMILES string of the molecule is CS(=O)(=O)N1CCCCC1C(=O)Nc1nc(-c2ccc(Cl)s2)cs1. The molecule has 1 aliphatic rings. The van der Waals surface area contributed by atoms with Gasteiger partial charge in [-0.05, 0) is 25.0 Å². The lowest BCUT2D eigenvalue weighted by Gasteiger charge is -2.32. The predicted octanol–water partition coefficient (Wildman–Crippen LogP) is 3.28. The van der Waals surface area contributed by atoms with E-state index >= 15 is 0 Å². The molecule has 0 spiro atoms. The van der Waals surface area contributed by atoms with Gasteiger partial charge >= 0.3 is 0 Å². The van der Waals surface area contributed by atoms with Crippen LogP contribution in [0.25, 0.3) is 10.6 Å². The van der Waals surface area contributed by atoms with Crippen LogP contribution in [0.5, 0.6) is 0 Å². The van der Waals surface area contributed by atoms with Crippen molar-refractivity contribution in [3.63, 3.8) is 0 Å². The number of carbonyl (C=O) groups is 1. The molecule has 1 unspecified atom stereocenters. The number of nitrogens with one attached hydrogen (secondary N) is 1. The number of piperidine rings is 1. The van der Waals surface area contributed by atoms with Crippen molar-refractivity contribution in [1.29, 1.82) is 0 Å². The minimum Gasteiger partial charge on any atom is -0.301 e. The van der Waals surface area contributed by atoms with Crippen molar-refractivity contribution < 1.29 is 13.2 Å². The molecule has 0 aromatic carbocycles. The van der Waals surface area contributed by atoms with E-state index in [-0.39, 0.29) is 5.91 Å². The van der Waals surface area contributed by atoms with E-state index in [1.807, 2.05) is 11.4 Å². The molecule has 2 aromatic rings. The zero-order valence-corrected chi connectivity index (χ0v) is 16.1. The largest absolute Gasteiger partial charge is 0.301 e. The Hall–Kier alpha value is -1.000. The first-order valence-electron chi connectivity index (χ1n) is 7.33. The maximum absolute atomic E-state index is 12.5. The first-order chi connectivity index (χ1) is 11.3. The fourth-order valence-electron chi connectivity index (χ4n) is 2.65. The zero-order chi connectivity index (χ0) is 17.3. The molecule has 0 aliphatic carbocycles. The number of carbonyl (C=O) groups excluding carboxylic acids is 1. The van der Waals surface area contributed by atoms with Crippen LogP contribution < -0.4 is 5.32 Å². The highest BCUT2D eigenvalue weighted by molar-refractivity contribution is 7.88. The minimum absolute atomic E-state index is 0.328. The van der Waals surface area contributed by atoms with E-state index in [4.69, 9.17) is 11.6 Å². The molecule has 1 fully saturated rings. The van der Waals surface area contributed by atoms with Gasteiger partial charge in [-0.25, -0.2) is 13.4 Å². The second-order valence-corrected chi connectivity index (χ2v) is 10.0. The lowest BCUT2D eigenvalue weighted by Crippen LogP contribution is -2.49. The molecule has 6 nitrogen and oxygen atoms in total. The third-order valence-electron chi connectivity index (χ3n) is 3.74. The summed E-state index contributed by atoms with van der Waals surface area (Å²) < 4.78 is 25.7. The molecule has 130 valence electrons. The standard InChI is InChI=1S/C14H16ClN3O3S3/c1-24(20,21)18-7-3-2-4-10(18)13(19)17-14-16-9(8-22-14)11-5-6-12(15)23-11/h5-6,8,10H,2-4,7H2,1H3,(H,16,17,19). The second-order valence-electron chi connectivity index (χ2n) is 5.52. The van der Waals surface area contributed by atoms with E-state index in [1.165, 1.54) is 27.0 Å². The smallest absolute Gasteiger partial charge is 0.244 e. The highest BCUT2D eigenvalue weighted by Gasteiger charge is 2.34. The number of thiazole rings is 1. The molecular weight excluding hydrogens is 390 g/mol. The summed E-state index contributed by atoms with van der Waals surface area (Å²) >= 11 is 8.65. The van der Waals surface area contributed by atoms with Gasteiger partial charge in [0.05, 0.1) is 21.2 Å². The topological polar surface area (TPSA) is 79.4 Å². The van der Waals surface area contributed by atoms with E-state index in [1.54, 1.807) is 6.07 Å². The normalized spacial score (nSPS) is 19.3. The van der Waals surface area contributed by atoms with Crippen LogP contribution in [-0.4, -0.2) is 42.5 Å². The number of rotatable bonds is 4. The van der Waals surface area contributed by atoms with Crippen molar-refractivity contribution >= 4 is 55.3 Å². The summed E-state index contributed by atoms with van der Waals surface area (Å²) in [6, 6.07) is 3.00. The first-order valence-corrected chi connectivity index (χ1v) is 11.3. The quantitative estimate of drug-likeness (QED) is 0.846. The molecule has 0 bridgehead atoms. The average Bonchev–Trinajstić information content (AvgIpc) is 3.15. The van der Waals surface area contributed by atoms with Crippen molar-refractivity contribution in [2.45, 2.75) is 25.3 Å². The summed E-state index contributed by atoms with van der Waals surface area (Å²) in [5.74, 6) is -0.328. The number of halogens is 1. The van der Waals surface area contributed by atoms with Gasteiger partial charge in [0, 0.05) is 11.9 Å². The average molecular weight is 406 g/mol. The van der Waals surface area contributed by atoms with Crippen molar-refractivity contribution in [3.8, 4) is 10.6 Å². The van der Waals surface area contributed by atoms with E-state index in [0.29, 0.717) is 22.4 Å². The van der Waals surface area contributed by atoms with Gasteiger partial charge in [-0.15, -0.1) is 22.7 Å². The lowest BCUT2D eigenvalue weighted by atomic mass is 10.0. The van der Waals surface area contributed by atoms with Crippen molar-refractivity contribution in [1.82, 2.24) is 9.29 Å². The van der Waals surface area contributed by atoms with E-state index in [2.05, 4.69) is 10.3 Å². The van der Waals surface area contributed by atoms with Crippen LogP contribution >= 0.6 is 34.3 Å². The van der Waals surface area contributed by atoms with Crippen molar-refractivity contribution in [2.75, 3.05) is 18.1 Å². The molecule has 1 N–H and O–H groups in total. The maximum Gasteiger partial charge on any atom is 0.244 e. The molecule has 24 heavy (non-hydrogen) atoms.